The lowest BCUT2D eigenvalue weighted by Crippen LogP contribution is -2.48. The van der Waals surface area contributed by atoms with Crippen molar-refractivity contribution in [2.24, 2.45) is 11.8 Å². The quantitative estimate of drug-likeness (QED) is 0.906. The lowest BCUT2D eigenvalue weighted by molar-refractivity contribution is 0.0798. The number of hydrogen-bond acceptors (Lipinski definition) is 5. The third-order valence-corrected chi connectivity index (χ3v) is 3.96. The van der Waals surface area contributed by atoms with Crippen molar-refractivity contribution in [3.63, 3.8) is 0 Å². The number of hydrogen-bond donors (Lipinski definition) is 1. The van der Waals surface area contributed by atoms with Crippen LogP contribution >= 0.6 is 0 Å². The summed E-state index contributed by atoms with van der Waals surface area (Å²) in [6.45, 7) is 7.99. The molecule has 0 aliphatic rings. The van der Waals surface area contributed by atoms with Gasteiger partial charge in [-0.05, 0) is 19.8 Å². The summed E-state index contributed by atoms with van der Waals surface area (Å²) in [5.74, 6) is -3.08. The molecule has 7 heteroatoms. The Hall–Kier alpha value is -2.18. The Balaban J connectivity index is 3.73. The van der Waals surface area contributed by atoms with Crippen molar-refractivity contribution in [2.45, 2.75) is 47.5 Å². The summed E-state index contributed by atoms with van der Waals surface area (Å²) in [4.78, 5) is 49.1. The molecule has 0 saturated carbocycles. The van der Waals surface area contributed by atoms with E-state index in [1.165, 1.54) is 6.92 Å². The van der Waals surface area contributed by atoms with Crippen LogP contribution in [0.1, 0.15) is 55.7 Å². The summed E-state index contributed by atoms with van der Waals surface area (Å²) in [7, 11) is 0. The van der Waals surface area contributed by atoms with Gasteiger partial charge >= 0.3 is 5.69 Å². The SMILES string of the molecule is CCC(C)C(=O)n1c(O)c(C)c(=O)n(C(=O)C(C)CC)c1=O. The van der Waals surface area contributed by atoms with Crippen molar-refractivity contribution in [3.05, 3.63) is 26.4 Å². The Labute approximate surface area is 128 Å². The molecule has 1 N–H and O–H groups in total. The van der Waals surface area contributed by atoms with Crippen LogP contribution in [0.2, 0.25) is 0 Å². The third kappa shape index (κ3) is 2.88. The molecule has 0 aliphatic heterocycles. The molecule has 1 rings (SSSR count). The molecule has 2 unspecified atom stereocenters. The lowest BCUT2D eigenvalue weighted by atomic mass is 10.1. The van der Waals surface area contributed by atoms with Crippen LogP contribution in [-0.2, 0) is 0 Å². The first-order valence-electron chi connectivity index (χ1n) is 7.34. The van der Waals surface area contributed by atoms with E-state index in [0.717, 1.165) is 0 Å². The minimum Gasteiger partial charge on any atom is -0.494 e. The van der Waals surface area contributed by atoms with Gasteiger partial charge in [-0.2, -0.15) is 9.13 Å². The molecule has 0 fully saturated rings. The van der Waals surface area contributed by atoms with Gasteiger partial charge in [0, 0.05) is 11.8 Å². The van der Waals surface area contributed by atoms with Crippen LogP contribution in [0.25, 0.3) is 0 Å². The normalized spacial score (nSPS) is 13.7. The highest BCUT2D eigenvalue weighted by atomic mass is 16.3. The Morgan fingerprint density at radius 3 is 1.82 bits per heavy atom. The second kappa shape index (κ2) is 6.72. The molecular formula is C15H22N2O5. The van der Waals surface area contributed by atoms with E-state index in [0.29, 0.717) is 22.0 Å². The maximum Gasteiger partial charge on any atom is 0.347 e. The van der Waals surface area contributed by atoms with E-state index in [1.54, 1.807) is 27.7 Å². The third-order valence-electron chi connectivity index (χ3n) is 3.96. The second-order valence-electron chi connectivity index (χ2n) is 5.50. The average Bonchev–Trinajstić information content (AvgIpc) is 2.50. The molecule has 0 saturated heterocycles. The first-order chi connectivity index (χ1) is 10.2. The zero-order valence-corrected chi connectivity index (χ0v) is 13.5. The average molecular weight is 310 g/mol. The van der Waals surface area contributed by atoms with Crippen LogP contribution in [0, 0.1) is 18.8 Å². The van der Waals surface area contributed by atoms with Gasteiger partial charge in [0.05, 0.1) is 5.56 Å². The number of aromatic nitrogens is 2. The summed E-state index contributed by atoms with van der Waals surface area (Å²) >= 11 is 0. The number of carbonyl (C=O) groups is 2. The first kappa shape index (κ1) is 17.9. The van der Waals surface area contributed by atoms with Gasteiger partial charge in [-0.3, -0.25) is 14.4 Å². The van der Waals surface area contributed by atoms with Crippen molar-refractivity contribution in [1.82, 2.24) is 9.13 Å². The van der Waals surface area contributed by atoms with Gasteiger partial charge < -0.3 is 5.11 Å². The largest absolute Gasteiger partial charge is 0.494 e. The molecule has 0 bridgehead atoms. The van der Waals surface area contributed by atoms with Crippen LogP contribution < -0.4 is 11.2 Å². The van der Waals surface area contributed by atoms with Crippen molar-refractivity contribution in [3.8, 4) is 5.88 Å². The summed E-state index contributed by atoms with van der Waals surface area (Å²) < 4.78 is 0.967. The molecule has 122 valence electrons. The van der Waals surface area contributed by atoms with Crippen LogP contribution in [0.3, 0.4) is 0 Å². The van der Waals surface area contributed by atoms with E-state index in [2.05, 4.69) is 0 Å². The molecule has 0 aromatic carbocycles. The van der Waals surface area contributed by atoms with Crippen molar-refractivity contribution >= 4 is 11.8 Å². The summed E-state index contributed by atoms with van der Waals surface area (Å²) in [5, 5.41) is 9.99. The van der Waals surface area contributed by atoms with Crippen LogP contribution in [0.5, 0.6) is 5.88 Å². The molecule has 1 aromatic heterocycles. The van der Waals surface area contributed by atoms with Crippen LogP contribution in [-0.4, -0.2) is 26.1 Å². The van der Waals surface area contributed by atoms with Gasteiger partial charge in [-0.15, -0.1) is 0 Å². The summed E-state index contributed by atoms with van der Waals surface area (Å²) in [6.07, 6.45) is 0.909. The summed E-state index contributed by atoms with van der Waals surface area (Å²) in [6, 6.07) is 0. The van der Waals surface area contributed by atoms with E-state index < -0.39 is 40.8 Å². The smallest absolute Gasteiger partial charge is 0.347 e. The van der Waals surface area contributed by atoms with Crippen LogP contribution in [0.4, 0.5) is 0 Å². The number of nitrogens with zero attached hydrogens (tertiary/aromatic N) is 2. The molecule has 7 nitrogen and oxygen atoms in total. The number of aromatic hydroxyl groups is 1. The minimum absolute atomic E-state index is 0.201. The molecule has 2 atom stereocenters. The molecule has 1 aromatic rings. The molecule has 0 aliphatic carbocycles. The van der Waals surface area contributed by atoms with E-state index in [4.69, 9.17) is 0 Å². The van der Waals surface area contributed by atoms with Gasteiger partial charge in [-0.25, -0.2) is 4.79 Å². The van der Waals surface area contributed by atoms with Crippen molar-refractivity contribution in [2.75, 3.05) is 0 Å². The Morgan fingerprint density at radius 2 is 1.41 bits per heavy atom. The van der Waals surface area contributed by atoms with E-state index in [-0.39, 0.29) is 5.56 Å². The fourth-order valence-corrected chi connectivity index (χ4v) is 1.89. The molecule has 1 heterocycles. The molecule has 22 heavy (non-hydrogen) atoms. The Morgan fingerprint density at radius 1 is 1.00 bits per heavy atom. The van der Waals surface area contributed by atoms with E-state index >= 15 is 0 Å². The zero-order chi connectivity index (χ0) is 17.2. The highest BCUT2D eigenvalue weighted by Crippen LogP contribution is 2.14. The fraction of sp³-hybridized carbons (Fsp3) is 0.600. The Bertz CT molecular complexity index is 714. The first-order valence-corrected chi connectivity index (χ1v) is 7.34. The highest BCUT2D eigenvalue weighted by Gasteiger charge is 2.27. The standard InChI is InChI=1S/C15H22N2O5/c1-6-8(3)11(18)16-13(20)10(5)14(21)17(15(16)22)12(19)9(4)7-2/h8-9,20H,6-7H2,1-5H3. The maximum absolute atomic E-state index is 12.4. The maximum atomic E-state index is 12.4. The molecule has 0 radical (unpaired) electrons. The highest BCUT2D eigenvalue weighted by molar-refractivity contribution is 5.84. The van der Waals surface area contributed by atoms with Gasteiger partial charge in [0.25, 0.3) is 5.56 Å². The predicted molar refractivity (Wildman–Crippen MR) is 81.5 cm³/mol. The van der Waals surface area contributed by atoms with Crippen molar-refractivity contribution in [1.29, 1.82) is 0 Å². The number of carbonyl (C=O) groups excluding carboxylic acids is 2. The van der Waals surface area contributed by atoms with Crippen molar-refractivity contribution < 1.29 is 14.7 Å². The molecule has 0 amide bonds. The van der Waals surface area contributed by atoms with Gasteiger partial charge in [0.2, 0.25) is 17.7 Å². The van der Waals surface area contributed by atoms with E-state index in [1.807, 2.05) is 0 Å². The number of rotatable bonds is 4. The van der Waals surface area contributed by atoms with Crippen LogP contribution in [0.15, 0.2) is 9.59 Å². The predicted octanol–water partition coefficient (Wildman–Crippen LogP) is 1.40. The topological polar surface area (TPSA) is 98.4 Å². The monoisotopic (exact) mass is 310 g/mol. The van der Waals surface area contributed by atoms with Gasteiger partial charge in [0.15, 0.2) is 0 Å². The molecule has 0 spiro atoms. The van der Waals surface area contributed by atoms with E-state index in [9.17, 15) is 24.3 Å². The molecular weight excluding hydrogens is 288 g/mol. The second-order valence-corrected chi connectivity index (χ2v) is 5.50. The zero-order valence-electron chi connectivity index (χ0n) is 13.5. The Kier molecular flexibility index (Phi) is 5.46. The lowest BCUT2D eigenvalue weighted by Gasteiger charge is -2.16. The minimum atomic E-state index is -1.11. The van der Waals surface area contributed by atoms with Gasteiger partial charge in [0.1, 0.15) is 0 Å². The fourth-order valence-electron chi connectivity index (χ4n) is 1.89. The summed E-state index contributed by atoms with van der Waals surface area (Å²) in [5.41, 5.74) is -2.20. The van der Waals surface area contributed by atoms with Gasteiger partial charge in [-0.1, -0.05) is 27.7 Å².